The van der Waals surface area contributed by atoms with Crippen molar-refractivity contribution in [3.8, 4) is 17.6 Å². The summed E-state index contributed by atoms with van der Waals surface area (Å²) < 4.78 is 55.5. The molecule has 0 heterocycles. The zero-order chi connectivity index (χ0) is 24.8. The van der Waals surface area contributed by atoms with Crippen LogP contribution in [0.3, 0.4) is 0 Å². The minimum atomic E-state index is -4.94. The Morgan fingerprint density at radius 2 is 1.54 bits per heavy atom. The lowest BCUT2D eigenvalue weighted by molar-refractivity contribution is -0.275. The molecular weight excluding hydrogens is 452 g/mol. The molecule has 0 atom stereocenters. The van der Waals surface area contributed by atoms with Gasteiger partial charge in [0.25, 0.3) is 0 Å². The SMILES string of the molecule is CCCCCC1CCC(c2ccc(C#Cc3ccc4c(F)c(OC(F)(F)F)ccc4c3)cc2)CC1. The maximum atomic E-state index is 14.4. The molecule has 5 heteroatoms. The fraction of sp³-hybridized carbons (Fsp3) is 0.400. The Morgan fingerprint density at radius 3 is 2.23 bits per heavy atom. The van der Waals surface area contributed by atoms with E-state index in [1.54, 1.807) is 12.1 Å². The van der Waals surface area contributed by atoms with Crippen molar-refractivity contribution in [3.05, 3.63) is 77.1 Å². The van der Waals surface area contributed by atoms with E-state index in [2.05, 4.69) is 35.6 Å². The van der Waals surface area contributed by atoms with Gasteiger partial charge >= 0.3 is 6.36 Å². The molecule has 0 unspecified atom stereocenters. The average molecular weight is 483 g/mol. The lowest BCUT2D eigenvalue weighted by Crippen LogP contribution is -2.17. The Bertz CT molecular complexity index is 1190. The molecule has 0 spiro atoms. The highest BCUT2D eigenvalue weighted by molar-refractivity contribution is 5.86. The number of hydrogen-bond donors (Lipinski definition) is 0. The number of ether oxygens (including phenoxy) is 1. The molecule has 1 saturated carbocycles. The molecule has 1 aliphatic carbocycles. The van der Waals surface area contributed by atoms with Crippen molar-refractivity contribution in [2.45, 2.75) is 70.6 Å². The van der Waals surface area contributed by atoms with Crippen LogP contribution in [0.5, 0.6) is 5.75 Å². The quantitative estimate of drug-likeness (QED) is 0.193. The third kappa shape index (κ3) is 6.78. The summed E-state index contributed by atoms with van der Waals surface area (Å²) in [7, 11) is 0. The number of fused-ring (bicyclic) bond motifs is 1. The van der Waals surface area contributed by atoms with Crippen LogP contribution in [0.1, 0.15) is 80.9 Å². The molecule has 3 aromatic rings. The first-order valence-corrected chi connectivity index (χ1v) is 12.4. The molecular formula is C30H30F4O. The Labute approximate surface area is 204 Å². The predicted molar refractivity (Wildman–Crippen MR) is 132 cm³/mol. The van der Waals surface area contributed by atoms with Crippen molar-refractivity contribution in [1.29, 1.82) is 0 Å². The second kappa shape index (κ2) is 11.2. The molecule has 35 heavy (non-hydrogen) atoms. The van der Waals surface area contributed by atoms with Crippen LogP contribution in [0, 0.1) is 23.6 Å². The minimum absolute atomic E-state index is 0.0572. The Morgan fingerprint density at radius 1 is 0.857 bits per heavy atom. The second-order valence-corrected chi connectivity index (χ2v) is 9.45. The van der Waals surface area contributed by atoms with Crippen molar-refractivity contribution in [2.24, 2.45) is 5.92 Å². The Kier molecular flexibility index (Phi) is 8.00. The van der Waals surface area contributed by atoms with Gasteiger partial charge in [-0.15, -0.1) is 13.2 Å². The van der Waals surface area contributed by atoms with E-state index in [0.29, 0.717) is 16.9 Å². The van der Waals surface area contributed by atoms with E-state index >= 15 is 0 Å². The highest BCUT2D eigenvalue weighted by Gasteiger charge is 2.32. The monoisotopic (exact) mass is 482 g/mol. The van der Waals surface area contributed by atoms with E-state index in [0.717, 1.165) is 17.5 Å². The second-order valence-electron chi connectivity index (χ2n) is 9.45. The number of unbranched alkanes of at least 4 members (excludes halogenated alkanes) is 2. The van der Waals surface area contributed by atoms with Gasteiger partial charge in [-0.05, 0) is 78.8 Å². The van der Waals surface area contributed by atoms with E-state index in [-0.39, 0.29) is 5.39 Å². The molecule has 0 amide bonds. The maximum Gasteiger partial charge on any atom is 0.573 e. The summed E-state index contributed by atoms with van der Waals surface area (Å²) in [6.45, 7) is 2.25. The van der Waals surface area contributed by atoms with Crippen molar-refractivity contribution in [3.63, 3.8) is 0 Å². The van der Waals surface area contributed by atoms with Gasteiger partial charge in [0.2, 0.25) is 0 Å². The molecule has 0 radical (unpaired) electrons. The molecule has 0 bridgehead atoms. The van der Waals surface area contributed by atoms with Crippen LogP contribution in [0.25, 0.3) is 10.8 Å². The third-order valence-electron chi connectivity index (χ3n) is 6.94. The normalized spacial score (nSPS) is 18.2. The lowest BCUT2D eigenvalue weighted by Gasteiger charge is -2.29. The summed E-state index contributed by atoms with van der Waals surface area (Å²) in [4.78, 5) is 0. The summed E-state index contributed by atoms with van der Waals surface area (Å²) in [6, 6.07) is 15.5. The number of halogens is 4. The standard InChI is InChI=1S/C30H30F4O/c1-2-3-4-5-21-8-13-24(14-9-21)25-15-10-22(11-16-25)6-7-23-12-18-27-26(20-23)17-19-28(29(27)31)35-30(32,33)34/h10-12,15-21,24H,2-5,8-9,13-14H2,1H3. The van der Waals surface area contributed by atoms with Crippen molar-refractivity contribution in [1.82, 2.24) is 0 Å². The molecule has 0 N–H and O–H groups in total. The summed E-state index contributed by atoms with van der Waals surface area (Å²) in [5.74, 6) is 5.84. The van der Waals surface area contributed by atoms with Gasteiger partial charge in [-0.2, -0.15) is 0 Å². The molecule has 4 rings (SSSR count). The summed E-state index contributed by atoms with van der Waals surface area (Å²) in [6.07, 6.45) is 5.57. The molecule has 0 aromatic heterocycles. The zero-order valence-electron chi connectivity index (χ0n) is 19.9. The van der Waals surface area contributed by atoms with Crippen molar-refractivity contribution in [2.75, 3.05) is 0 Å². The van der Waals surface area contributed by atoms with Gasteiger partial charge in [0.05, 0.1) is 0 Å². The lowest BCUT2D eigenvalue weighted by atomic mass is 9.77. The van der Waals surface area contributed by atoms with Gasteiger partial charge in [-0.3, -0.25) is 0 Å². The number of alkyl halides is 3. The van der Waals surface area contributed by atoms with Crippen LogP contribution in [0.15, 0.2) is 54.6 Å². The van der Waals surface area contributed by atoms with E-state index in [4.69, 9.17) is 0 Å². The van der Waals surface area contributed by atoms with Gasteiger partial charge in [0.15, 0.2) is 11.6 Å². The maximum absolute atomic E-state index is 14.4. The van der Waals surface area contributed by atoms with Gasteiger partial charge in [0.1, 0.15) is 0 Å². The summed E-state index contributed by atoms with van der Waals surface area (Å²) in [5.41, 5.74) is 2.93. The first-order chi connectivity index (χ1) is 16.8. The minimum Gasteiger partial charge on any atom is -0.403 e. The fourth-order valence-electron chi connectivity index (χ4n) is 5.00. The van der Waals surface area contributed by atoms with Gasteiger partial charge < -0.3 is 4.74 Å². The van der Waals surface area contributed by atoms with E-state index in [9.17, 15) is 17.6 Å². The van der Waals surface area contributed by atoms with Gasteiger partial charge in [-0.1, -0.05) is 68.7 Å². The van der Waals surface area contributed by atoms with Gasteiger partial charge in [-0.25, -0.2) is 4.39 Å². The summed E-state index contributed by atoms with van der Waals surface area (Å²) >= 11 is 0. The topological polar surface area (TPSA) is 9.23 Å². The number of hydrogen-bond acceptors (Lipinski definition) is 1. The third-order valence-corrected chi connectivity index (χ3v) is 6.94. The highest BCUT2D eigenvalue weighted by Crippen LogP contribution is 2.38. The first-order valence-electron chi connectivity index (χ1n) is 12.4. The molecule has 1 aliphatic rings. The molecule has 184 valence electrons. The molecule has 1 fully saturated rings. The van der Waals surface area contributed by atoms with Crippen LogP contribution in [0.4, 0.5) is 17.6 Å². The van der Waals surface area contributed by atoms with Crippen LogP contribution < -0.4 is 4.74 Å². The van der Waals surface area contributed by atoms with E-state index in [1.807, 2.05) is 12.1 Å². The highest BCUT2D eigenvalue weighted by atomic mass is 19.4. The van der Waals surface area contributed by atoms with Crippen LogP contribution in [0.2, 0.25) is 0 Å². The van der Waals surface area contributed by atoms with E-state index in [1.165, 1.54) is 69.1 Å². The van der Waals surface area contributed by atoms with Gasteiger partial charge in [0, 0.05) is 16.5 Å². The van der Waals surface area contributed by atoms with Crippen LogP contribution in [-0.2, 0) is 0 Å². The van der Waals surface area contributed by atoms with Crippen molar-refractivity contribution < 1.29 is 22.3 Å². The summed E-state index contributed by atoms with van der Waals surface area (Å²) in [5, 5.41) is 0.520. The largest absolute Gasteiger partial charge is 0.573 e. The van der Waals surface area contributed by atoms with Crippen molar-refractivity contribution >= 4 is 10.8 Å². The average Bonchev–Trinajstić information content (AvgIpc) is 2.85. The van der Waals surface area contributed by atoms with Crippen LogP contribution in [-0.4, -0.2) is 6.36 Å². The first kappa shape index (κ1) is 25.1. The fourth-order valence-corrected chi connectivity index (χ4v) is 5.00. The molecule has 0 aliphatic heterocycles. The molecule has 0 saturated heterocycles. The number of benzene rings is 3. The molecule has 1 nitrogen and oxygen atoms in total. The number of rotatable bonds is 6. The smallest absolute Gasteiger partial charge is 0.403 e. The van der Waals surface area contributed by atoms with Crippen LogP contribution >= 0.6 is 0 Å². The Hall–Kier alpha value is -3.00. The zero-order valence-corrected chi connectivity index (χ0v) is 19.9. The Balaban J connectivity index is 1.39. The molecule has 3 aromatic carbocycles. The van der Waals surface area contributed by atoms with E-state index < -0.39 is 17.9 Å². The predicted octanol–water partition coefficient (Wildman–Crippen LogP) is 9.13.